The Morgan fingerprint density at radius 2 is 1.67 bits per heavy atom. The van der Waals surface area contributed by atoms with Crippen molar-refractivity contribution < 1.29 is 22.3 Å². The molecule has 0 atom stereocenters. The molecule has 0 unspecified atom stereocenters. The van der Waals surface area contributed by atoms with Gasteiger partial charge in [-0.2, -0.15) is 4.31 Å². The van der Waals surface area contributed by atoms with Crippen molar-refractivity contribution in [3.63, 3.8) is 0 Å². The van der Waals surface area contributed by atoms with Crippen LogP contribution in [0.2, 0.25) is 0 Å². The molecule has 0 N–H and O–H groups in total. The number of piperidine rings is 1. The van der Waals surface area contributed by atoms with E-state index >= 15 is 0 Å². The van der Waals surface area contributed by atoms with Crippen molar-refractivity contribution in [3.8, 4) is 0 Å². The highest BCUT2D eigenvalue weighted by molar-refractivity contribution is 7.89. The number of nitrogens with zero attached hydrogens (tertiary/aromatic N) is 2. The third-order valence-electron chi connectivity index (χ3n) is 5.44. The summed E-state index contributed by atoms with van der Waals surface area (Å²) in [5.41, 5.74) is 0. The van der Waals surface area contributed by atoms with Gasteiger partial charge in [-0.05, 0) is 49.9 Å². The van der Waals surface area contributed by atoms with E-state index in [1.807, 2.05) is 11.8 Å². The molecule has 2 fully saturated rings. The van der Waals surface area contributed by atoms with E-state index in [9.17, 15) is 17.6 Å². The van der Waals surface area contributed by atoms with E-state index in [4.69, 9.17) is 4.74 Å². The molecule has 6 nitrogen and oxygen atoms in total. The first-order chi connectivity index (χ1) is 12.9. The second-order valence-electron chi connectivity index (χ2n) is 7.09. The van der Waals surface area contributed by atoms with Gasteiger partial charge in [-0.1, -0.05) is 6.92 Å². The van der Waals surface area contributed by atoms with E-state index in [1.165, 1.54) is 16.4 Å². The predicted molar refractivity (Wildman–Crippen MR) is 99.2 cm³/mol. The number of benzene rings is 1. The summed E-state index contributed by atoms with van der Waals surface area (Å²) in [5, 5.41) is 0. The molecular formula is C19H27FN2O4S. The van der Waals surface area contributed by atoms with E-state index in [0.29, 0.717) is 45.6 Å². The van der Waals surface area contributed by atoms with Gasteiger partial charge >= 0.3 is 0 Å². The molecule has 8 heteroatoms. The lowest BCUT2D eigenvalue weighted by molar-refractivity contribution is -0.139. The van der Waals surface area contributed by atoms with Gasteiger partial charge in [0.05, 0.1) is 4.90 Å². The van der Waals surface area contributed by atoms with Crippen LogP contribution in [0.3, 0.4) is 0 Å². The summed E-state index contributed by atoms with van der Waals surface area (Å²) in [5.74, 6) is -0.334. The van der Waals surface area contributed by atoms with Crippen LogP contribution >= 0.6 is 0 Å². The number of hydrogen-bond acceptors (Lipinski definition) is 4. The largest absolute Gasteiger partial charge is 0.381 e. The first kappa shape index (κ1) is 20.2. The van der Waals surface area contributed by atoms with E-state index in [-0.39, 0.29) is 22.9 Å². The van der Waals surface area contributed by atoms with E-state index < -0.39 is 15.8 Å². The van der Waals surface area contributed by atoms with Crippen molar-refractivity contribution in [2.24, 2.45) is 0 Å². The Balaban J connectivity index is 1.69. The highest BCUT2D eigenvalue weighted by atomic mass is 32.2. The maximum Gasteiger partial charge on any atom is 0.243 e. The number of amides is 1. The van der Waals surface area contributed by atoms with Crippen molar-refractivity contribution >= 4 is 15.9 Å². The fraction of sp³-hybridized carbons (Fsp3) is 0.632. The number of rotatable bonds is 5. The van der Waals surface area contributed by atoms with Gasteiger partial charge in [-0.15, -0.1) is 0 Å². The minimum atomic E-state index is -3.64. The summed E-state index contributed by atoms with van der Waals surface area (Å²) in [6.07, 6.45) is 3.35. The molecule has 3 rings (SSSR count). The molecule has 27 heavy (non-hydrogen) atoms. The molecule has 0 radical (unpaired) electrons. The summed E-state index contributed by atoms with van der Waals surface area (Å²) in [7, 11) is -3.64. The summed E-state index contributed by atoms with van der Waals surface area (Å²) in [4.78, 5) is 14.7. The van der Waals surface area contributed by atoms with Gasteiger partial charge < -0.3 is 9.64 Å². The van der Waals surface area contributed by atoms with Gasteiger partial charge in [0.1, 0.15) is 5.82 Å². The van der Waals surface area contributed by atoms with Crippen molar-refractivity contribution in [3.05, 3.63) is 30.1 Å². The molecule has 0 bridgehead atoms. The van der Waals surface area contributed by atoms with Crippen LogP contribution in [-0.2, 0) is 19.6 Å². The van der Waals surface area contributed by atoms with E-state index in [2.05, 4.69) is 0 Å². The number of sulfonamides is 1. The number of hydrogen-bond donors (Lipinski definition) is 0. The zero-order valence-electron chi connectivity index (χ0n) is 15.6. The minimum absolute atomic E-state index is 0.0558. The number of carbonyl (C=O) groups excluding carboxylic acids is 1. The van der Waals surface area contributed by atoms with Crippen LogP contribution in [0.15, 0.2) is 29.2 Å². The maximum atomic E-state index is 13.1. The van der Waals surface area contributed by atoms with Gasteiger partial charge in [0.2, 0.25) is 15.9 Å². The molecule has 2 aliphatic rings. The molecule has 1 aromatic carbocycles. The zero-order chi connectivity index (χ0) is 19.4. The third kappa shape index (κ3) is 4.50. The SMILES string of the molecule is CCC(=O)N(C1CCOCC1)C1CCN(S(=O)(=O)c2ccc(F)cc2)CC1. The summed E-state index contributed by atoms with van der Waals surface area (Å²) < 4.78 is 45.5. The van der Waals surface area contributed by atoms with Gasteiger partial charge in [0.15, 0.2) is 0 Å². The number of ether oxygens (including phenoxy) is 1. The van der Waals surface area contributed by atoms with Crippen LogP contribution in [0, 0.1) is 5.82 Å². The lowest BCUT2D eigenvalue weighted by Crippen LogP contribution is -2.53. The average molecular weight is 399 g/mol. The van der Waals surface area contributed by atoms with Crippen molar-refractivity contribution in [2.75, 3.05) is 26.3 Å². The number of carbonyl (C=O) groups is 1. The van der Waals surface area contributed by atoms with E-state index in [1.54, 1.807) is 0 Å². The standard InChI is InChI=1S/C19H27FN2O4S/c1-2-19(23)22(17-9-13-26-14-10-17)16-7-11-21(12-8-16)27(24,25)18-5-3-15(20)4-6-18/h3-6,16-17H,2,7-14H2,1H3. The van der Waals surface area contributed by atoms with Crippen molar-refractivity contribution in [1.29, 1.82) is 0 Å². The first-order valence-electron chi connectivity index (χ1n) is 9.58. The number of halogens is 1. The third-order valence-corrected chi connectivity index (χ3v) is 7.36. The molecule has 0 saturated carbocycles. The summed E-state index contributed by atoms with van der Waals surface area (Å²) >= 11 is 0. The molecule has 2 aliphatic heterocycles. The molecule has 2 saturated heterocycles. The van der Waals surface area contributed by atoms with Crippen LogP contribution in [0.4, 0.5) is 4.39 Å². The topological polar surface area (TPSA) is 66.9 Å². The van der Waals surface area contributed by atoms with Gasteiger partial charge in [0, 0.05) is 44.8 Å². The lowest BCUT2D eigenvalue weighted by Gasteiger charge is -2.43. The van der Waals surface area contributed by atoms with Gasteiger partial charge in [-0.3, -0.25) is 4.79 Å². The van der Waals surface area contributed by atoms with E-state index in [0.717, 1.165) is 25.0 Å². The molecule has 0 spiro atoms. The quantitative estimate of drug-likeness (QED) is 0.764. The highest BCUT2D eigenvalue weighted by Gasteiger charge is 2.36. The van der Waals surface area contributed by atoms with Crippen molar-refractivity contribution in [2.45, 2.75) is 56.0 Å². The molecule has 2 heterocycles. The van der Waals surface area contributed by atoms with Crippen LogP contribution in [0.5, 0.6) is 0 Å². The van der Waals surface area contributed by atoms with Crippen LogP contribution in [0.1, 0.15) is 39.0 Å². The summed E-state index contributed by atoms with van der Waals surface area (Å²) in [6, 6.07) is 5.15. The van der Waals surface area contributed by atoms with Crippen LogP contribution in [-0.4, -0.2) is 61.9 Å². The molecule has 1 amide bonds. The predicted octanol–water partition coefficient (Wildman–Crippen LogP) is 2.40. The Bertz CT molecular complexity index is 739. The van der Waals surface area contributed by atoms with Crippen molar-refractivity contribution in [1.82, 2.24) is 9.21 Å². The Morgan fingerprint density at radius 1 is 1.11 bits per heavy atom. The normalized spacial score (nSPS) is 20.5. The Kier molecular flexibility index (Phi) is 6.49. The molecule has 150 valence electrons. The van der Waals surface area contributed by atoms with Crippen LogP contribution in [0.25, 0.3) is 0 Å². The molecule has 0 aliphatic carbocycles. The smallest absolute Gasteiger partial charge is 0.243 e. The van der Waals surface area contributed by atoms with Gasteiger partial charge in [-0.25, -0.2) is 12.8 Å². The Labute approximate surface area is 160 Å². The molecule has 1 aromatic rings. The fourth-order valence-corrected chi connectivity index (χ4v) is 5.44. The monoisotopic (exact) mass is 398 g/mol. The highest BCUT2D eigenvalue weighted by Crippen LogP contribution is 2.27. The fourth-order valence-electron chi connectivity index (χ4n) is 3.97. The zero-order valence-corrected chi connectivity index (χ0v) is 16.5. The second-order valence-corrected chi connectivity index (χ2v) is 9.03. The maximum absolute atomic E-state index is 13.1. The minimum Gasteiger partial charge on any atom is -0.381 e. The Morgan fingerprint density at radius 3 is 2.22 bits per heavy atom. The second kappa shape index (κ2) is 8.67. The Hall–Kier alpha value is -1.51. The van der Waals surface area contributed by atoms with Gasteiger partial charge in [0.25, 0.3) is 0 Å². The lowest BCUT2D eigenvalue weighted by atomic mass is 9.98. The van der Waals surface area contributed by atoms with Crippen LogP contribution < -0.4 is 0 Å². The average Bonchev–Trinajstić information content (AvgIpc) is 2.69. The molecular weight excluding hydrogens is 371 g/mol. The molecule has 0 aromatic heterocycles. The first-order valence-corrected chi connectivity index (χ1v) is 11.0. The summed E-state index contributed by atoms with van der Waals surface area (Å²) in [6.45, 7) is 3.91.